The van der Waals surface area contributed by atoms with Gasteiger partial charge in [0.25, 0.3) is 0 Å². The minimum Gasteiger partial charge on any atom is -0.378 e. The van der Waals surface area contributed by atoms with Gasteiger partial charge in [-0.15, -0.1) is 0 Å². The molecule has 38 heavy (non-hydrogen) atoms. The maximum atomic E-state index is 11.2. The van der Waals surface area contributed by atoms with Crippen LogP contribution in [0.5, 0.6) is 0 Å². The van der Waals surface area contributed by atoms with E-state index in [0.717, 1.165) is 68.0 Å². The van der Waals surface area contributed by atoms with Gasteiger partial charge in [-0.05, 0) is 42.7 Å². The normalized spacial score (nSPS) is 17.1. The number of hydrogen-bond acceptors (Lipinski definition) is 7. The molecule has 0 spiro atoms. The summed E-state index contributed by atoms with van der Waals surface area (Å²) >= 11 is 0. The number of fused-ring (bicyclic) bond motifs is 1. The number of ether oxygens (including phenoxy) is 1. The van der Waals surface area contributed by atoms with Gasteiger partial charge in [-0.25, -0.2) is 19.4 Å². The van der Waals surface area contributed by atoms with Crippen LogP contribution in [-0.4, -0.2) is 70.1 Å². The number of anilines is 2. The maximum Gasteiger partial charge on any atom is 0.316 e. The van der Waals surface area contributed by atoms with E-state index in [1.54, 1.807) is 0 Å². The van der Waals surface area contributed by atoms with Crippen LogP contribution in [0.2, 0.25) is 0 Å². The molecule has 0 radical (unpaired) electrons. The Hall–Kier alpha value is -4.02. The van der Waals surface area contributed by atoms with E-state index in [4.69, 9.17) is 25.5 Å². The molecular weight excluding hydrogens is 480 g/mol. The molecule has 10 nitrogen and oxygen atoms in total. The molecule has 0 bridgehead atoms. The lowest BCUT2D eigenvalue weighted by Gasteiger charge is -2.32. The topological polar surface area (TPSA) is 114 Å². The number of rotatable bonds is 6. The average Bonchev–Trinajstić information content (AvgIpc) is 3.38. The molecule has 2 aliphatic heterocycles. The van der Waals surface area contributed by atoms with E-state index in [1.807, 2.05) is 30.5 Å². The molecule has 2 aliphatic rings. The Morgan fingerprint density at radius 2 is 1.71 bits per heavy atom. The third kappa shape index (κ3) is 5.18. The van der Waals surface area contributed by atoms with Crippen LogP contribution in [-0.2, 0) is 11.3 Å². The molecule has 0 aliphatic carbocycles. The van der Waals surface area contributed by atoms with Crippen molar-refractivity contribution >= 4 is 28.6 Å². The fraction of sp³-hybridized carbons (Fsp3) is 0.357. The summed E-state index contributed by atoms with van der Waals surface area (Å²) in [5, 5.41) is 8.41. The van der Waals surface area contributed by atoms with Gasteiger partial charge in [0.2, 0.25) is 0 Å². The highest BCUT2D eigenvalue weighted by molar-refractivity contribution is 5.90. The molecule has 2 aromatic carbocycles. The van der Waals surface area contributed by atoms with Crippen molar-refractivity contribution < 1.29 is 9.53 Å². The molecule has 0 saturated carbocycles. The molecule has 2 amide bonds. The molecule has 4 heterocycles. The second-order valence-electron chi connectivity index (χ2n) is 9.86. The fourth-order valence-corrected chi connectivity index (χ4v) is 5.33. The van der Waals surface area contributed by atoms with Crippen molar-refractivity contribution in [3.05, 3.63) is 66.4 Å². The van der Waals surface area contributed by atoms with E-state index >= 15 is 0 Å². The molecular formula is C28H32N8O2. The van der Waals surface area contributed by atoms with Crippen LogP contribution < -0.4 is 16.0 Å². The zero-order valence-electron chi connectivity index (χ0n) is 21.3. The summed E-state index contributed by atoms with van der Waals surface area (Å²) in [7, 11) is 0. The van der Waals surface area contributed by atoms with Gasteiger partial charge in [-0.1, -0.05) is 30.3 Å². The summed E-state index contributed by atoms with van der Waals surface area (Å²) in [6.07, 6.45) is 3.95. The number of morpholine rings is 1. The van der Waals surface area contributed by atoms with Crippen molar-refractivity contribution in [2.24, 2.45) is 5.73 Å². The van der Waals surface area contributed by atoms with E-state index in [9.17, 15) is 4.79 Å². The van der Waals surface area contributed by atoms with E-state index in [1.165, 1.54) is 5.56 Å². The average molecular weight is 513 g/mol. The summed E-state index contributed by atoms with van der Waals surface area (Å²) in [6.45, 7) is 5.89. The van der Waals surface area contributed by atoms with Crippen LogP contribution in [0.25, 0.3) is 22.4 Å². The first kappa shape index (κ1) is 24.3. The van der Waals surface area contributed by atoms with Crippen LogP contribution >= 0.6 is 0 Å². The molecule has 6 rings (SSSR count). The fourth-order valence-electron chi connectivity index (χ4n) is 5.33. The number of amides is 2. The second-order valence-corrected chi connectivity index (χ2v) is 9.86. The van der Waals surface area contributed by atoms with E-state index in [-0.39, 0.29) is 6.04 Å². The van der Waals surface area contributed by atoms with Crippen LogP contribution in [0.1, 0.15) is 24.4 Å². The summed E-state index contributed by atoms with van der Waals surface area (Å²) in [5.74, 6) is 1.52. The zero-order valence-corrected chi connectivity index (χ0v) is 21.3. The smallest absolute Gasteiger partial charge is 0.316 e. The Morgan fingerprint density at radius 3 is 2.42 bits per heavy atom. The highest BCUT2D eigenvalue weighted by Crippen LogP contribution is 2.32. The lowest BCUT2D eigenvalue weighted by Crippen LogP contribution is -2.37. The summed E-state index contributed by atoms with van der Waals surface area (Å²) in [5.41, 5.74) is 8.95. The maximum absolute atomic E-state index is 11.2. The molecule has 0 unspecified atom stereocenters. The van der Waals surface area contributed by atoms with Gasteiger partial charge in [-0.2, -0.15) is 5.10 Å². The van der Waals surface area contributed by atoms with Crippen LogP contribution in [0.4, 0.5) is 16.3 Å². The predicted octanol–water partition coefficient (Wildman–Crippen LogP) is 3.66. The summed E-state index contributed by atoms with van der Waals surface area (Å²) in [6, 6.07) is 17.7. The molecule has 2 aromatic heterocycles. The first-order valence-electron chi connectivity index (χ1n) is 13.2. The lowest BCUT2D eigenvalue weighted by molar-refractivity contribution is 0.122. The Kier molecular flexibility index (Phi) is 6.89. The van der Waals surface area contributed by atoms with Gasteiger partial charge in [0.15, 0.2) is 11.5 Å². The number of nitrogens with two attached hydrogens (primary N) is 1. The number of urea groups is 1. The van der Waals surface area contributed by atoms with Gasteiger partial charge in [0.1, 0.15) is 5.82 Å². The molecule has 2 fully saturated rings. The van der Waals surface area contributed by atoms with E-state index in [2.05, 4.69) is 50.1 Å². The molecule has 2 saturated heterocycles. The van der Waals surface area contributed by atoms with Gasteiger partial charge < -0.3 is 20.7 Å². The number of primary amides is 1. The third-order valence-corrected chi connectivity index (χ3v) is 7.31. The Balaban J connectivity index is 1.30. The first-order chi connectivity index (χ1) is 18.6. The number of hydrogen-bond donors (Lipinski definition) is 2. The quantitative estimate of drug-likeness (QED) is 0.405. The zero-order chi connectivity index (χ0) is 25.9. The van der Waals surface area contributed by atoms with Crippen molar-refractivity contribution in [1.82, 2.24) is 24.6 Å². The molecule has 0 atom stereocenters. The minimum absolute atomic E-state index is 0.280. The van der Waals surface area contributed by atoms with Gasteiger partial charge >= 0.3 is 6.03 Å². The Bertz CT molecular complexity index is 1390. The number of aromatic nitrogens is 4. The first-order valence-corrected chi connectivity index (χ1v) is 13.2. The minimum atomic E-state index is -0.594. The number of carbonyl (C=O) groups excluding carboxylic acids is 1. The molecule has 196 valence electrons. The van der Waals surface area contributed by atoms with Gasteiger partial charge in [-0.3, -0.25) is 4.90 Å². The second kappa shape index (κ2) is 10.8. The van der Waals surface area contributed by atoms with Crippen LogP contribution in [0.15, 0.2) is 60.8 Å². The predicted molar refractivity (Wildman–Crippen MR) is 147 cm³/mol. The monoisotopic (exact) mass is 512 g/mol. The standard InChI is InChI=1S/C28H32N8O2/c29-28(37)31-22-8-6-21(7-9-22)25-32-26(35-14-16-38-17-15-35)24-18-30-36(27(24)33-25)23-10-12-34(13-11-23)19-20-4-2-1-3-5-20/h1-9,18,23H,10-17,19H2,(H3,29,31,37). The van der Waals surface area contributed by atoms with Gasteiger partial charge in [0.05, 0.1) is 30.8 Å². The highest BCUT2D eigenvalue weighted by Gasteiger charge is 2.26. The lowest BCUT2D eigenvalue weighted by atomic mass is 10.0. The Labute approximate surface area is 221 Å². The van der Waals surface area contributed by atoms with Crippen LogP contribution in [0.3, 0.4) is 0 Å². The highest BCUT2D eigenvalue weighted by atomic mass is 16.5. The summed E-state index contributed by atoms with van der Waals surface area (Å²) < 4.78 is 7.70. The molecule has 4 aromatic rings. The largest absolute Gasteiger partial charge is 0.378 e. The summed E-state index contributed by atoms with van der Waals surface area (Å²) in [4.78, 5) is 26.0. The molecule has 10 heteroatoms. The number of benzene rings is 2. The number of carbonyl (C=O) groups is 1. The number of piperidine rings is 1. The van der Waals surface area contributed by atoms with Gasteiger partial charge in [0, 0.05) is 44.0 Å². The van der Waals surface area contributed by atoms with E-state index < -0.39 is 6.03 Å². The van der Waals surface area contributed by atoms with Crippen molar-refractivity contribution in [1.29, 1.82) is 0 Å². The van der Waals surface area contributed by atoms with Crippen molar-refractivity contribution in [2.75, 3.05) is 49.6 Å². The number of nitrogens with one attached hydrogen (secondary N) is 1. The van der Waals surface area contributed by atoms with Crippen molar-refractivity contribution in [3.63, 3.8) is 0 Å². The SMILES string of the molecule is NC(=O)Nc1ccc(-c2nc(N3CCOCC3)c3cnn(C4CCN(Cc5ccccc5)CC4)c3n2)cc1. The third-order valence-electron chi connectivity index (χ3n) is 7.31. The van der Waals surface area contributed by atoms with Crippen molar-refractivity contribution in [3.8, 4) is 11.4 Å². The number of nitrogens with zero attached hydrogens (tertiary/aromatic N) is 6. The van der Waals surface area contributed by atoms with Crippen LogP contribution in [0, 0.1) is 0 Å². The molecule has 3 N–H and O–H groups in total. The van der Waals surface area contributed by atoms with Crippen molar-refractivity contribution in [2.45, 2.75) is 25.4 Å². The Morgan fingerprint density at radius 1 is 0.974 bits per heavy atom. The van der Waals surface area contributed by atoms with E-state index in [0.29, 0.717) is 24.7 Å². The number of likely N-dealkylation sites (tertiary alicyclic amines) is 1.